The first-order valence-corrected chi connectivity index (χ1v) is 5.01. The third-order valence-electron chi connectivity index (χ3n) is 2.42. The van der Waals surface area contributed by atoms with Gasteiger partial charge in [-0.3, -0.25) is 0 Å². The van der Waals surface area contributed by atoms with Crippen molar-refractivity contribution in [2.24, 2.45) is 0 Å². The van der Waals surface area contributed by atoms with Gasteiger partial charge in [0, 0.05) is 25.8 Å². The zero-order valence-electron chi connectivity index (χ0n) is 9.21. The summed E-state index contributed by atoms with van der Waals surface area (Å²) in [4.78, 5) is 0. The maximum atomic E-state index is 8.65. The molecule has 0 aliphatic carbocycles. The van der Waals surface area contributed by atoms with E-state index >= 15 is 0 Å². The number of aliphatic hydroxyl groups is 1. The van der Waals surface area contributed by atoms with Gasteiger partial charge in [0.2, 0.25) is 0 Å². The van der Waals surface area contributed by atoms with Crippen molar-refractivity contribution < 1.29 is 9.84 Å². The molecule has 0 aromatic carbocycles. The Labute approximate surface area is 81.5 Å². The highest BCUT2D eigenvalue weighted by Gasteiger charge is 2.12. The van der Waals surface area contributed by atoms with Gasteiger partial charge in [0.05, 0.1) is 6.10 Å². The molecule has 3 unspecified atom stereocenters. The predicted molar refractivity (Wildman–Crippen MR) is 54.9 cm³/mol. The van der Waals surface area contributed by atoms with Gasteiger partial charge in [-0.15, -0.1) is 0 Å². The fraction of sp³-hybridized carbons (Fsp3) is 1.00. The fourth-order valence-electron chi connectivity index (χ4n) is 1.27. The third-order valence-corrected chi connectivity index (χ3v) is 2.42. The van der Waals surface area contributed by atoms with Crippen molar-refractivity contribution >= 4 is 0 Å². The molecule has 0 bridgehead atoms. The van der Waals surface area contributed by atoms with E-state index in [1.165, 1.54) is 0 Å². The van der Waals surface area contributed by atoms with Crippen molar-refractivity contribution in [2.75, 3.05) is 13.7 Å². The van der Waals surface area contributed by atoms with Crippen LogP contribution in [0, 0.1) is 0 Å². The lowest BCUT2D eigenvalue weighted by Gasteiger charge is -2.24. The molecule has 0 heterocycles. The Kier molecular flexibility index (Phi) is 7.23. The zero-order valence-corrected chi connectivity index (χ0v) is 9.21. The summed E-state index contributed by atoms with van der Waals surface area (Å²) < 4.78 is 5.21. The first-order valence-electron chi connectivity index (χ1n) is 5.01. The monoisotopic (exact) mass is 189 g/mol. The van der Waals surface area contributed by atoms with Crippen LogP contribution in [0.25, 0.3) is 0 Å². The quantitative estimate of drug-likeness (QED) is 0.631. The highest BCUT2D eigenvalue weighted by Crippen LogP contribution is 2.01. The minimum atomic E-state index is 0.233. The molecule has 0 aromatic heterocycles. The summed E-state index contributed by atoms with van der Waals surface area (Å²) in [6.07, 6.45) is 2.11. The predicted octanol–water partition coefficient (Wildman–Crippen LogP) is 1.16. The average Bonchev–Trinajstić information content (AvgIpc) is 2.13. The van der Waals surface area contributed by atoms with Gasteiger partial charge in [-0.2, -0.15) is 0 Å². The minimum absolute atomic E-state index is 0.233. The SMILES string of the molecule is COC(C)C(C)NC(C)CCCO. The van der Waals surface area contributed by atoms with Crippen molar-refractivity contribution in [1.82, 2.24) is 5.32 Å². The maximum absolute atomic E-state index is 8.65. The summed E-state index contributed by atoms with van der Waals surface area (Å²) in [5, 5.41) is 12.1. The molecule has 0 fully saturated rings. The van der Waals surface area contributed by atoms with Crippen LogP contribution in [0.5, 0.6) is 0 Å². The molecule has 0 aliphatic rings. The number of hydrogen-bond acceptors (Lipinski definition) is 3. The molecule has 0 aromatic rings. The van der Waals surface area contributed by atoms with E-state index in [1.807, 2.05) is 0 Å². The fourth-order valence-corrected chi connectivity index (χ4v) is 1.27. The zero-order chi connectivity index (χ0) is 10.3. The van der Waals surface area contributed by atoms with Crippen LogP contribution in [0.1, 0.15) is 33.6 Å². The molecule has 2 N–H and O–H groups in total. The maximum Gasteiger partial charge on any atom is 0.0693 e. The lowest BCUT2D eigenvalue weighted by Crippen LogP contribution is -2.41. The van der Waals surface area contributed by atoms with Gasteiger partial charge in [-0.25, -0.2) is 0 Å². The smallest absolute Gasteiger partial charge is 0.0693 e. The number of nitrogens with one attached hydrogen (secondary N) is 1. The molecule has 0 spiro atoms. The highest BCUT2D eigenvalue weighted by molar-refractivity contribution is 4.72. The van der Waals surface area contributed by atoms with Gasteiger partial charge in [-0.1, -0.05) is 0 Å². The lowest BCUT2D eigenvalue weighted by atomic mass is 10.1. The number of aliphatic hydroxyl groups excluding tert-OH is 1. The van der Waals surface area contributed by atoms with Gasteiger partial charge in [-0.05, 0) is 33.6 Å². The van der Waals surface area contributed by atoms with Crippen molar-refractivity contribution in [1.29, 1.82) is 0 Å². The van der Waals surface area contributed by atoms with E-state index in [-0.39, 0.29) is 12.7 Å². The first-order chi connectivity index (χ1) is 6.11. The van der Waals surface area contributed by atoms with E-state index in [2.05, 4.69) is 26.1 Å². The molecule has 0 rings (SSSR count). The van der Waals surface area contributed by atoms with Crippen molar-refractivity contribution in [3.8, 4) is 0 Å². The molecule has 0 amide bonds. The lowest BCUT2D eigenvalue weighted by molar-refractivity contribution is 0.0844. The molecule has 0 radical (unpaired) electrons. The van der Waals surface area contributed by atoms with Crippen LogP contribution in [0.15, 0.2) is 0 Å². The van der Waals surface area contributed by atoms with E-state index in [0.717, 1.165) is 12.8 Å². The van der Waals surface area contributed by atoms with Gasteiger partial charge in [0.15, 0.2) is 0 Å². The van der Waals surface area contributed by atoms with Crippen LogP contribution >= 0.6 is 0 Å². The Morgan fingerprint density at radius 1 is 1.31 bits per heavy atom. The van der Waals surface area contributed by atoms with Gasteiger partial charge in [0.25, 0.3) is 0 Å². The topological polar surface area (TPSA) is 41.5 Å². The summed E-state index contributed by atoms with van der Waals surface area (Å²) in [6.45, 7) is 6.58. The Morgan fingerprint density at radius 2 is 1.92 bits per heavy atom. The molecule has 3 heteroatoms. The molecular formula is C10H23NO2. The Hall–Kier alpha value is -0.120. The van der Waals surface area contributed by atoms with Crippen LogP contribution < -0.4 is 5.32 Å². The Balaban J connectivity index is 3.57. The highest BCUT2D eigenvalue weighted by atomic mass is 16.5. The van der Waals surface area contributed by atoms with Crippen LogP contribution in [0.3, 0.4) is 0 Å². The van der Waals surface area contributed by atoms with Crippen LogP contribution in [0.4, 0.5) is 0 Å². The molecule has 3 nitrogen and oxygen atoms in total. The van der Waals surface area contributed by atoms with Crippen molar-refractivity contribution in [3.05, 3.63) is 0 Å². The van der Waals surface area contributed by atoms with E-state index in [9.17, 15) is 0 Å². The van der Waals surface area contributed by atoms with Gasteiger partial charge >= 0.3 is 0 Å². The summed E-state index contributed by atoms with van der Waals surface area (Å²) in [5.41, 5.74) is 0. The summed E-state index contributed by atoms with van der Waals surface area (Å²) in [6, 6.07) is 0.804. The minimum Gasteiger partial charge on any atom is -0.396 e. The second kappa shape index (κ2) is 7.30. The third kappa shape index (κ3) is 6.02. The summed E-state index contributed by atoms with van der Waals surface area (Å²) in [5.74, 6) is 0. The second-order valence-electron chi connectivity index (χ2n) is 3.66. The molecule has 0 aliphatic heterocycles. The number of rotatable bonds is 7. The second-order valence-corrected chi connectivity index (χ2v) is 3.66. The Bertz CT molecular complexity index is 119. The number of hydrogen-bond donors (Lipinski definition) is 2. The van der Waals surface area contributed by atoms with Crippen LogP contribution in [0.2, 0.25) is 0 Å². The van der Waals surface area contributed by atoms with Crippen LogP contribution in [-0.4, -0.2) is 37.0 Å². The standard InChI is InChI=1S/C10H23NO2/c1-8(6-5-7-12)11-9(2)10(3)13-4/h8-12H,5-7H2,1-4H3. The van der Waals surface area contributed by atoms with E-state index in [0.29, 0.717) is 12.1 Å². The summed E-state index contributed by atoms with van der Waals surface area (Å²) >= 11 is 0. The van der Waals surface area contributed by atoms with Crippen molar-refractivity contribution in [3.63, 3.8) is 0 Å². The number of ether oxygens (including phenoxy) is 1. The molecule has 3 atom stereocenters. The first kappa shape index (κ1) is 12.9. The van der Waals surface area contributed by atoms with Gasteiger partial charge < -0.3 is 15.2 Å². The molecular weight excluding hydrogens is 166 g/mol. The number of methoxy groups -OCH3 is 1. The van der Waals surface area contributed by atoms with E-state index in [4.69, 9.17) is 9.84 Å². The normalized spacial score (nSPS) is 18.2. The molecule has 80 valence electrons. The largest absolute Gasteiger partial charge is 0.396 e. The Morgan fingerprint density at radius 3 is 2.38 bits per heavy atom. The summed E-state index contributed by atoms with van der Waals surface area (Å²) in [7, 11) is 1.72. The average molecular weight is 189 g/mol. The van der Waals surface area contributed by atoms with Crippen molar-refractivity contribution in [2.45, 2.75) is 51.8 Å². The van der Waals surface area contributed by atoms with E-state index in [1.54, 1.807) is 7.11 Å². The molecule has 0 saturated carbocycles. The van der Waals surface area contributed by atoms with Gasteiger partial charge in [0.1, 0.15) is 0 Å². The van der Waals surface area contributed by atoms with E-state index < -0.39 is 0 Å². The van der Waals surface area contributed by atoms with Crippen LogP contribution in [-0.2, 0) is 4.74 Å². The molecule has 0 saturated heterocycles. The molecule has 13 heavy (non-hydrogen) atoms.